The summed E-state index contributed by atoms with van der Waals surface area (Å²) >= 11 is 0. The van der Waals surface area contributed by atoms with Crippen molar-refractivity contribution in [3.63, 3.8) is 0 Å². The Bertz CT molecular complexity index is 599. The molecule has 220 valence electrons. The van der Waals surface area contributed by atoms with E-state index in [4.69, 9.17) is 18.9 Å². The first kappa shape index (κ1) is 33.0. The van der Waals surface area contributed by atoms with Crippen LogP contribution in [0.1, 0.15) is 114 Å². The van der Waals surface area contributed by atoms with E-state index >= 15 is 0 Å². The maximum Gasteiger partial charge on any atom is 0.0631 e. The van der Waals surface area contributed by atoms with Gasteiger partial charge in [0.25, 0.3) is 0 Å². The fourth-order valence-corrected chi connectivity index (χ4v) is 5.81. The molecule has 4 atom stereocenters. The van der Waals surface area contributed by atoms with E-state index in [-0.39, 0.29) is 11.1 Å². The van der Waals surface area contributed by atoms with Gasteiger partial charge in [-0.15, -0.1) is 0 Å². The molecule has 5 heteroatoms. The monoisotopic (exact) mass is 525 g/mol. The van der Waals surface area contributed by atoms with Gasteiger partial charge in [0.15, 0.2) is 0 Å². The van der Waals surface area contributed by atoms with E-state index in [9.17, 15) is 0 Å². The molecule has 2 rings (SSSR count). The van der Waals surface area contributed by atoms with Gasteiger partial charge in [-0.1, -0.05) is 27.7 Å². The third-order valence-electron chi connectivity index (χ3n) is 7.96. The molecule has 0 bridgehead atoms. The summed E-state index contributed by atoms with van der Waals surface area (Å²) in [6.45, 7) is 28.4. The summed E-state index contributed by atoms with van der Waals surface area (Å²) in [5.41, 5.74) is 0.231. The molecule has 1 saturated carbocycles. The number of ether oxygens (including phenoxy) is 4. The number of likely N-dealkylation sites (tertiary alicyclic amines) is 1. The molecule has 0 amide bonds. The van der Waals surface area contributed by atoms with Crippen LogP contribution in [0, 0.1) is 23.7 Å². The van der Waals surface area contributed by atoms with E-state index in [0.717, 1.165) is 65.2 Å². The average Bonchev–Trinajstić information content (AvgIpc) is 2.75. The van der Waals surface area contributed by atoms with Crippen LogP contribution in [0.4, 0.5) is 0 Å². The zero-order valence-corrected chi connectivity index (χ0v) is 26.3. The maximum atomic E-state index is 6.30. The normalized spacial score (nSPS) is 25.5. The number of hydrogen-bond donors (Lipinski definition) is 0. The van der Waals surface area contributed by atoms with Crippen LogP contribution in [0.2, 0.25) is 0 Å². The van der Waals surface area contributed by atoms with E-state index in [0.29, 0.717) is 42.0 Å². The van der Waals surface area contributed by atoms with Crippen molar-refractivity contribution in [2.24, 2.45) is 23.7 Å². The second-order valence-electron chi connectivity index (χ2n) is 14.7. The fraction of sp³-hybridized carbons (Fsp3) is 1.00. The Balaban J connectivity index is 1.45. The lowest BCUT2D eigenvalue weighted by Gasteiger charge is -2.41. The molecule has 1 aliphatic heterocycles. The number of hydrogen-bond acceptors (Lipinski definition) is 5. The van der Waals surface area contributed by atoms with Crippen LogP contribution in [0.5, 0.6) is 0 Å². The van der Waals surface area contributed by atoms with Crippen LogP contribution < -0.4 is 0 Å². The van der Waals surface area contributed by atoms with Crippen molar-refractivity contribution in [1.29, 1.82) is 0 Å². The smallest absolute Gasteiger partial charge is 0.0631 e. The molecule has 2 fully saturated rings. The first-order chi connectivity index (χ1) is 17.2. The molecular weight excluding hydrogens is 462 g/mol. The molecule has 1 heterocycles. The summed E-state index contributed by atoms with van der Waals surface area (Å²) in [5, 5.41) is 0. The zero-order chi connectivity index (χ0) is 27.6. The standard InChI is InChI=1S/C32H63NO4/c1-24(17-26(3)22-35-28-11-14-33(15-12-28)31(5,6)7)13-16-34-21-25(2)18-27(4)23-36-29-19-30(20-29)37-32(8,9)10/h24-30H,11-23H2,1-10H3. The fourth-order valence-electron chi connectivity index (χ4n) is 5.81. The van der Waals surface area contributed by atoms with Gasteiger partial charge < -0.3 is 18.9 Å². The summed E-state index contributed by atoms with van der Waals surface area (Å²) in [6, 6.07) is 0. The Morgan fingerprint density at radius 3 is 1.73 bits per heavy atom. The number of rotatable bonds is 16. The van der Waals surface area contributed by atoms with Gasteiger partial charge in [-0.2, -0.15) is 0 Å². The predicted molar refractivity (Wildman–Crippen MR) is 155 cm³/mol. The number of nitrogens with zero attached hydrogens (tertiary/aromatic N) is 1. The van der Waals surface area contributed by atoms with E-state index < -0.39 is 0 Å². The third-order valence-corrected chi connectivity index (χ3v) is 7.96. The van der Waals surface area contributed by atoms with E-state index in [1.807, 2.05) is 0 Å². The van der Waals surface area contributed by atoms with Crippen LogP contribution in [-0.4, -0.2) is 73.9 Å². The molecular formula is C32H63NO4. The van der Waals surface area contributed by atoms with Gasteiger partial charge in [-0.3, -0.25) is 4.90 Å². The minimum absolute atomic E-state index is 0.0488. The van der Waals surface area contributed by atoms with Crippen LogP contribution in [0.3, 0.4) is 0 Å². The van der Waals surface area contributed by atoms with E-state index in [1.165, 1.54) is 19.3 Å². The molecule has 0 radical (unpaired) electrons. The van der Waals surface area contributed by atoms with E-state index in [2.05, 4.69) is 74.1 Å². The van der Waals surface area contributed by atoms with Crippen molar-refractivity contribution in [2.45, 2.75) is 144 Å². The Hall–Kier alpha value is -0.200. The van der Waals surface area contributed by atoms with Crippen LogP contribution in [-0.2, 0) is 18.9 Å². The Kier molecular flexibility index (Phi) is 13.9. The topological polar surface area (TPSA) is 40.2 Å². The van der Waals surface area contributed by atoms with Crippen molar-refractivity contribution in [1.82, 2.24) is 4.90 Å². The Labute approximate surface area is 230 Å². The predicted octanol–water partition coefficient (Wildman–Crippen LogP) is 7.36. The van der Waals surface area contributed by atoms with Crippen molar-refractivity contribution < 1.29 is 18.9 Å². The maximum absolute atomic E-state index is 6.30. The van der Waals surface area contributed by atoms with Gasteiger partial charge >= 0.3 is 0 Å². The Morgan fingerprint density at radius 1 is 0.676 bits per heavy atom. The highest BCUT2D eigenvalue weighted by molar-refractivity contribution is 4.84. The summed E-state index contributed by atoms with van der Waals surface area (Å²) in [4.78, 5) is 2.58. The molecule has 4 unspecified atom stereocenters. The van der Waals surface area contributed by atoms with Crippen LogP contribution in [0.25, 0.3) is 0 Å². The number of piperidine rings is 1. The van der Waals surface area contributed by atoms with Crippen molar-refractivity contribution >= 4 is 0 Å². The van der Waals surface area contributed by atoms with Gasteiger partial charge in [0.1, 0.15) is 0 Å². The second-order valence-corrected chi connectivity index (χ2v) is 14.7. The second kappa shape index (κ2) is 15.6. The highest BCUT2D eigenvalue weighted by atomic mass is 16.5. The van der Waals surface area contributed by atoms with Crippen LogP contribution in [0.15, 0.2) is 0 Å². The lowest BCUT2D eigenvalue weighted by atomic mass is 9.90. The highest BCUT2D eigenvalue weighted by Crippen LogP contribution is 2.30. The van der Waals surface area contributed by atoms with Gasteiger partial charge in [-0.05, 0) is 110 Å². The molecule has 0 aromatic carbocycles. The third kappa shape index (κ3) is 14.1. The molecule has 0 N–H and O–H groups in total. The van der Waals surface area contributed by atoms with Gasteiger partial charge in [0, 0.05) is 45.1 Å². The summed E-state index contributed by atoms with van der Waals surface area (Å²) in [6.07, 6.45) is 9.16. The molecule has 1 saturated heterocycles. The van der Waals surface area contributed by atoms with Crippen molar-refractivity contribution in [3.8, 4) is 0 Å². The minimum Gasteiger partial charge on any atom is -0.381 e. The molecule has 0 aromatic rings. The quantitative estimate of drug-likeness (QED) is 0.197. The summed E-state index contributed by atoms with van der Waals surface area (Å²) in [7, 11) is 0. The first-order valence-electron chi connectivity index (χ1n) is 15.4. The van der Waals surface area contributed by atoms with Gasteiger partial charge in [0.05, 0.1) is 23.9 Å². The molecule has 1 aliphatic carbocycles. The summed E-state index contributed by atoms with van der Waals surface area (Å²) < 4.78 is 24.5. The molecule has 5 nitrogen and oxygen atoms in total. The summed E-state index contributed by atoms with van der Waals surface area (Å²) in [5.74, 6) is 2.44. The molecule has 2 aliphatic rings. The van der Waals surface area contributed by atoms with Gasteiger partial charge in [0.2, 0.25) is 0 Å². The highest BCUT2D eigenvalue weighted by Gasteiger charge is 2.34. The largest absolute Gasteiger partial charge is 0.381 e. The zero-order valence-electron chi connectivity index (χ0n) is 26.3. The molecule has 0 spiro atoms. The SMILES string of the molecule is CC(CCOCC(C)CC(C)COC1CC(OC(C)(C)C)C1)CC(C)COC1CCN(C(C)(C)C)CC1. The van der Waals surface area contributed by atoms with Crippen molar-refractivity contribution in [2.75, 3.05) is 39.5 Å². The lowest BCUT2D eigenvalue weighted by molar-refractivity contribution is -0.152. The first-order valence-corrected chi connectivity index (χ1v) is 15.4. The van der Waals surface area contributed by atoms with Crippen molar-refractivity contribution in [3.05, 3.63) is 0 Å². The van der Waals surface area contributed by atoms with Gasteiger partial charge in [-0.25, -0.2) is 0 Å². The lowest BCUT2D eigenvalue weighted by Crippen LogP contribution is -2.47. The average molecular weight is 526 g/mol. The molecule has 0 aromatic heterocycles. The Morgan fingerprint density at radius 2 is 1.19 bits per heavy atom. The minimum atomic E-state index is -0.0488. The molecule has 37 heavy (non-hydrogen) atoms. The van der Waals surface area contributed by atoms with E-state index in [1.54, 1.807) is 0 Å². The van der Waals surface area contributed by atoms with Crippen LogP contribution >= 0.6 is 0 Å².